The lowest BCUT2D eigenvalue weighted by Crippen LogP contribution is -2.06. The summed E-state index contributed by atoms with van der Waals surface area (Å²) >= 11 is 11.5. The zero-order valence-corrected chi connectivity index (χ0v) is 12.3. The number of alkyl halides is 2. The predicted molar refractivity (Wildman–Crippen MR) is 72.2 cm³/mol. The zero-order chi connectivity index (χ0) is 16.6. The van der Waals surface area contributed by atoms with Crippen molar-refractivity contribution in [3.63, 3.8) is 0 Å². The molecule has 0 unspecified atom stereocenters. The number of halogens is 5. The molecule has 118 valence electrons. The minimum atomic E-state index is -3.15. The summed E-state index contributed by atoms with van der Waals surface area (Å²) in [7, 11) is 1.26. The molecule has 1 aromatic heterocycles. The van der Waals surface area contributed by atoms with E-state index < -0.39 is 24.3 Å². The fraction of sp³-hybridized carbons (Fsp3) is 0.167. The Kier molecular flexibility index (Phi) is 4.52. The van der Waals surface area contributed by atoms with E-state index in [0.717, 1.165) is 16.8 Å². The van der Waals surface area contributed by atoms with E-state index in [1.807, 2.05) is 0 Å². The normalized spacial score (nSPS) is 11.0. The van der Waals surface area contributed by atoms with E-state index in [-0.39, 0.29) is 26.9 Å². The summed E-state index contributed by atoms with van der Waals surface area (Å²) in [5.74, 6) is -2.76. The van der Waals surface area contributed by atoms with Gasteiger partial charge < -0.3 is 9.84 Å². The van der Waals surface area contributed by atoms with Crippen LogP contribution in [0, 0.1) is 5.82 Å². The van der Waals surface area contributed by atoms with Crippen LogP contribution in [-0.4, -0.2) is 27.5 Å². The molecule has 10 heteroatoms. The van der Waals surface area contributed by atoms with Crippen molar-refractivity contribution in [1.29, 1.82) is 0 Å². The van der Waals surface area contributed by atoms with Crippen LogP contribution < -0.4 is 4.74 Å². The lowest BCUT2D eigenvalue weighted by Gasteiger charge is -2.05. The van der Waals surface area contributed by atoms with Gasteiger partial charge in [-0.2, -0.15) is 13.9 Å². The molecule has 0 aliphatic heterocycles. The molecule has 1 heterocycles. The van der Waals surface area contributed by atoms with Crippen LogP contribution in [0.1, 0.15) is 10.4 Å². The van der Waals surface area contributed by atoms with E-state index in [2.05, 4.69) is 9.84 Å². The summed E-state index contributed by atoms with van der Waals surface area (Å²) in [5, 5.41) is 12.1. The molecule has 0 spiro atoms. The minimum Gasteiger partial charge on any atom is -0.478 e. The second-order valence-electron chi connectivity index (χ2n) is 4.09. The van der Waals surface area contributed by atoms with E-state index >= 15 is 0 Å². The van der Waals surface area contributed by atoms with Crippen LogP contribution in [0.4, 0.5) is 13.2 Å². The molecule has 2 aromatic rings. The van der Waals surface area contributed by atoms with Crippen molar-refractivity contribution in [2.75, 3.05) is 0 Å². The van der Waals surface area contributed by atoms with Crippen molar-refractivity contribution >= 4 is 29.2 Å². The number of hydrogen-bond donors (Lipinski definition) is 1. The van der Waals surface area contributed by atoms with Crippen LogP contribution in [0.3, 0.4) is 0 Å². The highest BCUT2D eigenvalue weighted by Crippen LogP contribution is 2.38. The number of carbonyl (C=O) groups is 1. The smallest absolute Gasteiger partial charge is 0.388 e. The summed E-state index contributed by atoms with van der Waals surface area (Å²) < 4.78 is 43.7. The first-order valence-electron chi connectivity index (χ1n) is 5.62. The Morgan fingerprint density at radius 3 is 2.59 bits per heavy atom. The third-order valence-electron chi connectivity index (χ3n) is 2.68. The van der Waals surface area contributed by atoms with E-state index in [0.29, 0.717) is 0 Å². The minimum absolute atomic E-state index is 0.239. The Morgan fingerprint density at radius 2 is 2.05 bits per heavy atom. The molecule has 0 fully saturated rings. The highest BCUT2D eigenvalue weighted by atomic mass is 35.5. The lowest BCUT2D eigenvalue weighted by molar-refractivity contribution is -0.0552. The second-order valence-corrected chi connectivity index (χ2v) is 4.87. The van der Waals surface area contributed by atoms with Gasteiger partial charge in [-0.3, -0.25) is 0 Å². The van der Waals surface area contributed by atoms with Crippen molar-refractivity contribution < 1.29 is 27.8 Å². The number of ether oxygens (including phenoxy) is 1. The highest BCUT2D eigenvalue weighted by Gasteiger charge is 2.24. The molecule has 2 rings (SSSR count). The number of hydrogen-bond acceptors (Lipinski definition) is 3. The Morgan fingerprint density at radius 1 is 1.41 bits per heavy atom. The Balaban J connectivity index is 2.62. The first kappa shape index (κ1) is 16.4. The van der Waals surface area contributed by atoms with Gasteiger partial charge in [-0.15, -0.1) is 0 Å². The van der Waals surface area contributed by atoms with Gasteiger partial charge in [0.2, 0.25) is 5.88 Å². The second kappa shape index (κ2) is 6.05. The number of benzene rings is 1. The van der Waals surface area contributed by atoms with E-state index in [4.69, 9.17) is 28.3 Å². The Labute approximate surface area is 131 Å². The molecule has 0 aliphatic rings. The van der Waals surface area contributed by atoms with E-state index in [1.54, 1.807) is 0 Å². The van der Waals surface area contributed by atoms with Gasteiger partial charge in [-0.25, -0.2) is 13.9 Å². The molecule has 0 aliphatic carbocycles. The Bertz CT molecular complexity index is 750. The third-order valence-corrected chi connectivity index (χ3v) is 3.34. The van der Waals surface area contributed by atoms with E-state index in [9.17, 15) is 18.0 Å². The summed E-state index contributed by atoms with van der Waals surface area (Å²) in [4.78, 5) is 11.0. The van der Waals surface area contributed by atoms with Gasteiger partial charge in [0.25, 0.3) is 0 Å². The number of aryl methyl sites for hydroxylation is 1. The van der Waals surface area contributed by atoms with Gasteiger partial charge in [-0.1, -0.05) is 23.2 Å². The van der Waals surface area contributed by atoms with Crippen LogP contribution in [-0.2, 0) is 7.05 Å². The lowest BCUT2D eigenvalue weighted by atomic mass is 10.1. The first-order chi connectivity index (χ1) is 10.2. The molecular weight excluding hydrogens is 348 g/mol. The molecule has 22 heavy (non-hydrogen) atoms. The SMILES string of the molecule is Cn1nc(-c2cc(C(=O)O)c(Cl)cc2F)c(Cl)c1OC(F)F. The third kappa shape index (κ3) is 2.97. The maximum atomic E-state index is 14.0. The molecule has 1 N–H and O–H groups in total. The molecule has 0 bridgehead atoms. The fourth-order valence-electron chi connectivity index (χ4n) is 1.76. The number of aromatic nitrogens is 2. The van der Waals surface area contributed by atoms with Crippen LogP contribution in [0.15, 0.2) is 12.1 Å². The number of carboxylic acids is 1. The standard InChI is InChI=1S/C12H7Cl2F3N2O3/c1-19-10(22-12(16)17)8(14)9(18-19)5-2-4(11(20)21)6(13)3-7(5)15/h2-3,12H,1H3,(H,20,21). The van der Waals surface area contributed by atoms with Gasteiger partial charge >= 0.3 is 12.6 Å². The van der Waals surface area contributed by atoms with Gasteiger partial charge in [0.15, 0.2) is 0 Å². The summed E-state index contributed by atoms with van der Waals surface area (Å²) in [6.45, 7) is -3.15. The molecule has 0 amide bonds. The van der Waals surface area contributed by atoms with Crippen LogP contribution in [0.2, 0.25) is 10.0 Å². The van der Waals surface area contributed by atoms with Gasteiger partial charge in [-0.05, 0) is 12.1 Å². The summed E-state index contributed by atoms with van der Waals surface area (Å²) in [6, 6.07) is 1.69. The topological polar surface area (TPSA) is 64.4 Å². The van der Waals surface area contributed by atoms with Crippen LogP contribution in [0.25, 0.3) is 11.3 Å². The number of carboxylic acid groups (broad SMARTS) is 1. The van der Waals surface area contributed by atoms with Crippen molar-refractivity contribution in [2.45, 2.75) is 6.61 Å². The van der Waals surface area contributed by atoms with Gasteiger partial charge in [0.05, 0.1) is 10.6 Å². The van der Waals surface area contributed by atoms with Crippen LogP contribution in [0.5, 0.6) is 5.88 Å². The average Bonchev–Trinajstić information content (AvgIpc) is 2.66. The molecule has 0 saturated carbocycles. The molecular formula is C12H7Cl2F3N2O3. The van der Waals surface area contributed by atoms with Gasteiger partial charge in [0, 0.05) is 12.6 Å². The quantitative estimate of drug-likeness (QED) is 0.905. The van der Waals surface area contributed by atoms with Gasteiger partial charge in [0.1, 0.15) is 16.5 Å². The molecule has 5 nitrogen and oxygen atoms in total. The largest absolute Gasteiger partial charge is 0.478 e. The highest BCUT2D eigenvalue weighted by molar-refractivity contribution is 6.35. The monoisotopic (exact) mass is 354 g/mol. The number of aromatic carboxylic acids is 1. The van der Waals surface area contributed by atoms with E-state index in [1.165, 1.54) is 7.05 Å². The maximum Gasteiger partial charge on any atom is 0.388 e. The fourth-order valence-corrected chi connectivity index (χ4v) is 2.30. The van der Waals surface area contributed by atoms with Crippen molar-refractivity contribution in [3.05, 3.63) is 33.6 Å². The number of nitrogens with zero attached hydrogens (tertiary/aromatic N) is 2. The summed E-state index contributed by atoms with van der Waals surface area (Å²) in [6.07, 6.45) is 0. The molecule has 0 radical (unpaired) electrons. The maximum absolute atomic E-state index is 14.0. The average molecular weight is 355 g/mol. The molecule has 0 saturated heterocycles. The van der Waals surface area contributed by atoms with Crippen LogP contribution >= 0.6 is 23.2 Å². The Hall–Kier alpha value is -1.93. The summed E-state index contributed by atoms with van der Waals surface area (Å²) in [5.41, 5.74) is -0.917. The molecule has 0 atom stereocenters. The van der Waals surface area contributed by atoms with Crippen molar-refractivity contribution in [1.82, 2.24) is 9.78 Å². The predicted octanol–water partition coefficient (Wildman–Crippen LogP) is 3.83. The zero-order valence-electron chi connectivity index (χ0n) is 10.8. The van der Waals surface area contributed by atoms with Crippen molar-refractivity contribution in [3.8, 4) is 17.1 Å². The molecule has 1 aromatic carbocycles. The number of rotatable bonds is 4. The van der Waals surface area contributed by atoms with Crippen molar-refractivity contribution in [2.24, 2.45) is 7.05 Å². The first-order valence-corrected chi connectivity index (χ1v) is 6.38.